The van der Waals surface area contributed by atoms with Gasteiger partial charge in [-0.1, -0.05) is 39.3 Å². The lowest BCUT2D eigenvalue weighted by Gasteiger charge is -2.19. The van der Waals surface area contributed by atoms with E-state index in [1.807, 2.05) is 0 Å². The molecule has 0 aromatic rings. The van der Waals surface area contributed by atoms with E-state index in [1.165, 1.54) is 28.6 Å². The molecule has 4 heteroatoms. The number of hydrogen-bond donors (Lipinski definition) is 0. The third-order valence-corrected chi connectivity index (χ3v) is 12.9. The highest BCUT2D eigenvalue weighted by atomic mass is 31.4. The lowest BCUT2D eigenvalue weighted by atomic mass is 11.0. The second kappa shape index (κ2) is 5.24. The minimum absolute atomic E-state index is 0.706. The highest BCUT2D eigenvalue weighted by molar-refractivity contribution is 7.84. The summed E-state index contributed by atoms with van der Waals surface area (Å²) in [6, 6.07) is 0. The lowest BCUT2D eigenvalue weighted by molar-refractivity contribution is 1.54. The number of hydrogen-bond acceptors (Lipinski definition) is 0. The molecule has 0 bridgehead atoms. The minimum Gasteiger partial charge on any atom is -0.133 e. The normalized spacial score (nSPS) is 15.5. The van der Waals surface area contributed by atoms with Gasteiger partial charge < -0.3 is 0 Å². The van der Waals surface area contributed by atoms with E-state index in [9.17, 15) is 0 Å². The van der Waals surface area contributed by atoms with Crippen LogP contribution in [-0.4, -0.2) is 27.8 Å². The van der Waals surface area contributed by atoms with Crippen LogP contribution in [-0.2, 0) is 0 Å². The molecule has 0 N–H and O–H groups in total. The maximum Gasteiger partial charge on any atom is 0.0685 e. The topological polar surface area (TPSA) is 0 Å². The van der Waals surface area contributed by atoms with Gasteiger partial charge in [-0.3, -0.25) is 0 Å². The monoisotopic (exact) mass is 238 g/mol. The van der Waals surface area contributed by atoms with E-state index in [4.69, 9.17) is 0 Å². The fourth-order valence-corrected chi connectivity index (χ4v) is 10.1. The van der Waals surface area contributed by atoms with Crippen molar-refractivity contribution in [1.82, 2.24) is 0 Å². The molecule has 0 amide bonds. The average molecular weight is 238 g/mol. The van der Waals surface area contributed by atoms with Gasteiger partial charge in [-0.15, -0.1) is 16.3 Å². The summed E-state index contributed by atoms with van der Waals surface area (Å²) in [5.41, 5.74) is 0. The Kier molecular flexibility index (Phi) is 5.81. The zero-order valence-electron chi connectivity index (χ0n) is 9.41. The molecule has 0 fully saturated rings. The molecule has 0 aliphatic carbocycles. The maximum absolute atomic E-state index is 2.49. The second-order valence-electron chi connectivity index (χ2n) is 5.35. The lowest BCUT2D eigenvalue weighted by Crippen LogP contribution is -2.15. The Hall–Kier alpha value is 1.29. The summed E-state index contributed by atoms with van der Waals surface area (Å²) < 4.78 is 0. The van der Waals surface area contributed by atoms with E-state index in [1.54, 1.807) is 0 Å². The molecule has 0 aromatic heterocycles. The van der Waals surface area contributed by atoms with Crippen molar-refractivity contribution in [3.63, 3.8) is 0 Å². The summed E-state index contributed by atoms with van der Waals surface area (Å²) in [6.45, 7) is 14.9. The van der Waals surface area contributed by atoms with Gasteiger partial charge in [0.15, 0.2) is 0 Å². The molecule has 0 rings (SSSR count). The van der Waals surface area contributed by atoms with Crippen molar-refractivity contribution in [2.75, 3.05) is 12.3 Å². The highest BCUT2D eigenvalue weighted by Crippen LogP contribution is 2.32. The second-order valence-corrected chi connectivity index (χ2v) is 27.2. The molecule has 0 saturated carbocycles. The predicted molar refractivity (Wildman–Crippen MR) is 73.1 cm³/mol. The summed E-state index contributed by atoms with van der Waals surface area (Å²) in [6.07, 6.45) is 3.05. The first kappa shape index (κ1) is 13.3. The molecular formula is C8H24P2Si2. The first-order valence-corrected chi connectivity index (χ1v) is 16.1. The van der Waals surface area contributed by atoms with Crippen LogP contribution in [0.5, 0.6) is 0 Å². The van der Waals surface area contributed by atoms with E-state index in [-0.39, 0.29) is 0 Å². The molecule has 0 saturated heterocycles. The fourth-order valence-electron chi connectivity index (χ4n) is 0.875. The van der Waals surface area contributed by atoms with E-state index in [0.717, 1.165) is 0 Å². The standard InChI is InChI=1S/C8H24P2Si2/c1-11(2,3)9-7-8-10-12(4,5)6/h9-10H,7-8H2,1-6H3. The Morgan fingerprint density at radius 3 is 1.08 bits per heavy atom. The van der Waals surface area contributed by atoms with Crippen LogP contribution in [0.4, 0.5) is 0 Å². The van der Waals surface area contributed by atoms with Gasteiger partial charge in [0.2, 0.25) is 0 Å². The summed E-state index contributed by atoms with van der Waals surface area (Å²) >= 11 is 0. The van der Waals surface area contributed by atoms with Crippen molar-refractivity contribution in [3.8, 4) is 0 Å². The van der Waals surface area contributed by atoms with Gasteiger partial charge >= 0.3 is 0 Å². The number of rotatable bonds is 5. The Labute approximate surface area is 83.6 Å². The van der Waals surface area contributed by atoms with Crippen LogP contribution in [0, 0.1) is 0 Å². The largest absolute Gasteiger partial charge is 0.133 e. The van der Waals surface area contributed by atoms with Crippen molar-refractivity contribution < 1.29 is 0 Å². The van der Waals surface area contributed by atoms with Crippen molar-refractivity contribution in [2.45, 2.75) is 39.3 Å². The van der Waals surface area contributed by atoms with E-state index < -0.39 is 15.5 Å². The van der Waals surface area contributed by atoms with Crippen molar-refractivity contribution >= 4 is 31.7 Å². The van der Waals surface area contributed by atoms with Crippen LogP contribution in [0.25, 0.3) is 0 Å². The van der Waals surface area contributed by atoms with Gasteiger partial charge in [0, 0.05) is 0 Å². The van der Waals surface area contributed by atoms with Gasteiger partial charge in [0.05, 0.1) is 15.5 Å². The van der Waals surface area contributed by atoms with Crippen molar-refractivity contribution in [2.24, 2.45) is 0 Å². The first-order valence-electron chi connectivity index (χ1n) is 4.71. The fraction of sp³-hybridized carbons (Fsp3) is 1.00. The van der Waals surface area contributed by atoms with Crippen LogP contribution >= 0.6 is 16.3 Å². The van der Waals surface area contributed by atoms with Gasteiger partial charge in [-0.2, -0.15) is 0 Å². The molecule has 0 aliphatic rings. The van der Waals surface area contributed by atoms with Gasteiger partial charge in [-0.25, -0.2) is 0 Å². The van der Waals surface area contributed by atoms with Crippen molar-refractivity contribution in [3.05, 3.63) is 0 Å². The average Bonchev–Trinajstić information content (AvgIpc) is 1.76. The first-order chi connectivity index (χ1) is 5.21. The molecular weight excluding hydrogens is 214 g/mol. The molecule has 0 radical (unpaired) electrons. The van der Waals surface area contributed by atoms with E-state index in [2.05, 4.69) is 39.3 Å². The summed E-state index contributed by atoms with van der Waals surface area (Å²) in [5, 5.41) is 0. The SMILES string of the molecule is C[Si](C)(C)PCCP[Si](C)(C)C. The smallest absolute Gasteiger partial charge is 0.0685 e. The van der Waals surface area contributed by atoms with Crippen molar-refractivity contribution in [1.29, 1.82) is 0 Å². The van der Waals surface area contributed by atoms with Gasteiger partial charge in [0.25, 0.3) is 0 Å². The molecule has 12 heavy (non-hydrogen) atoms. The molecule has 2 atom stereocenters. The molecule has 2 unspecified atom stereocenters. The van der Waals surface area contributed by atoms with Crippen LogP contribution in [0.1, 0.15) is 0 Å². The van der Waals surface area contributed by atoms with Crippen LogP contribution in [0.15, 0.2) is 0 Å². The third kappa shape index (κ3) is 11.3. The Morgan fingerprint density at radius 2 is 0.917 bits per heavy atom. The quantitative estimate of drug-likeness (QED) is 0.385. The van der Waals surface area contributed by atoms with E-state index >= 15 is 0 Å². The van der Waals surface area contributed by atoms with Crippen LogP contribution in [0.3, 0.4) is 0 Å². The zero-order valence-corrected chi connectivity index (χ0v) is 13.4. The summed E-state index contributed by atoms with van der Waals surface area (Å²) in [7, 11) is 1.18. The molecule has 74 valence electrons. The summed E-state index contributed by atoms with van der Waals surface area (Å²) in [5.74, 6) is 0. The molecule has 0 heterocycles. The third-order valence-electron chi connectivity index (χ3n) is 1.44. The van der Waals surface area contributed by atoms with Crippen LogP contribution in [0.2, 0.25) is 39.3 Å². The molecule has 0 aromatic carbocycles. The summed E-state index contributed by atoms with van der Waals surface area (Å²) in [4.78, 5) is 0. The molecule has 0 aliphatic heterocycles. The Balaban J connectivity index is 3.35. The van der Waals surface area contributed by atoms with Gasteiger partial charge in [-0.05, 0) is 12.3 Å². The van der Waals surface area contributed by atoms with E-state index in [0.29, 0.717) is 0 Å². The Bertz CT molecular complexity index is 108. The minimum atomic E-state index is -0.706. The molecule has 0 nitrogen and oxygen atoms in total. The predicted octanol–water partition coefficient (Wildman–Crippen LogP) is 4.01. The maximum atomic E-state index is 2.49. The van der Waals surface area contributed by atoms with Gasteiger partial charge in [0.1, 0.15) is 0 Å². The zero-order chi connectivity index (χ0) is 9.83. The molecule has 0 spiro atoms. The highest BCUT2D eigenvalue weighted by Gasteiger charge is 2.14. The Morgan fingerprint density at radius 1 is 0.667 bits per heavy atom. The van der Waals surface area contributed by atoms with Crippen LogP contribution < -0.4 is 0 Å².